The van der Waals surface area contributed by atoms with Crippen LogP contribution in [0.25, 0.3) is 0 Å². The Morgan fingerprint density at radius 3 is 1.71 bits per heavy atom. The first-order chi connectivity index (χ1) is 30.8. The molecule has 0 unspecified atom stereocenters. The molecule has 0 fully saturated rings. The third kappa shape index (κ3) is 6.84. The van der Waals surface area contributed by atoms with Crippen LogP contribution in [0, 0.1) is 0 Å². The lowest BCUT2D eigenvalue weighted by Gasteiger charge is -2.44. The van der Waals surface area contributed by atoms with E-state index in [1.807, 2.05) is 24.4 Å². The summed E-state index contributed by atoms with van der Waals surface area (Å²) in [6.45, 7) is 7.56. The summed E-state index contributed by atoms with van der Waals surface area (Å²) < 4.78 is 6.70. The predicted molar refractivity (Wildman–Crippen MR) is 262 cm³/mol. The maximum absolute atomic E-state index is 6.70. The molecule has 7 nitrogen and oxygen atoms in total. The molecule has 3 aliphatic heterocycles. The van der Waals surface area contributed by atoms with E-state index in [1.54, 1.807) is 0 Å². The third-order valence-corrected chi connectivity index (χ3v) is 12.3. The number of rotatable bonds is 8. The van der Waals surface area contributed by atoms with Crippen LogP contribution < -0.4 is 40.7 Å². The average molecular weight is 819 g/mol. The molecule has 0 saturated carbocycles. The van der Waals surface area contributed by atoms with Crippen LogP contribution in [-0.2, 0) is 5.41 Å². The van der Waals surface area contributed by atoms with Crippen molar-refractivity contribution in [1.82, 2.24) is 9.88 Å². The lowest BCUT2D eigenvalue weighted by atomic mass is 9.33. The standard InChI is InChI=1S/C55H47BN6O/c1-55(2,3)39-29-30-57-53(33-39)60(43-22-16-24-46(35-43)63-45-23-15-21-42(34-45)59-32-31-58(4)38-59)44-36-51-54-52(37-44)62(41-19-9-6-10-20-41)50-28-14-12-26-48(50)56(54)47-25-11-13-27-49(47)61(51)40-17-7-5-8-18-40/h5-37H,38H2,1-4H3. The molecular weight excluding hydrogens is 771 g/mol. The van der Waals surface area contributed by atoms with Crippen LogP contribution in [0.2, 0.25) is 0 Å². The molecule has 306 valence electrons. The van der Waals surface area contributed by atoms with Crippen LogP contribution in [-0.4, -0.2) is 30.3 Å². The van der Waals surface area contributed by atoms with Crippen LogP contribution in [0.4, 0.5) is 57.0 Å². The van der Waals surface area contributed by atoms with E-state index in [0.717, 1.165) is 63.8 Å². The van der Waals surface area contributed by atoms with Crippen LogP contribution >= 0.6 is 0 Å². The molecule has 0 saturated heterocycles. The Hall–Kier alpha value is -7.71. The van der Waals surface area contributed by atoms with E-state index in [1.165, 1.54) is 33.3 Å². The van der Waals surface area contributed by atoms with Gasteiger partial charge in [-0.1, -0.05) is 106 Å². The Bertz CT molecular complexity index is 2910. The molecule has 0 bridgehead atoms. The fourth-order valence-electron chi connectivity index (χ4n) is 9.39. The van der Waals surface area contributed by atoms with Crippen LogP contribution in [0.5, 0.6) is 11.5 Å². The number of anilines is 10. The molecule has 8 heteroatoms. The van der Waals surface area contributed by atoms with Crippen molar-refractivity contribution in [3.63, 3.8) is 0 Å². The summed E-state index contributed by atoms with van der Waals surface area (Å²) in [5, 5.41) is 0. The van der Waals surface area contributed by atoms with Crippen LogP contribution in [0.3, 0.4) is 0 Å². The highest BCUT2D eigenvalue weighted by Gasteiger charge is 2.43. The lowest BCUT2D eigenvalue weighted by molar-refractivity contribution is 0.481. The minimum atomic E-state index is -0.102. The molecule has 0 amide bonds. The number of aromatic nitrogens is 1. The zero-order valence-electron chi connectivity index (χ0n) is 35.9. The largest absolute Gasteiger partial charge is 0.457 e. The first kappa shape index (κ1) is 38.2. The van der Waals surface area contributed by atoms with E-state index in [9.17, 15) is 0 Å². The maximum Gasteiger partial charge on any atom is 0.252 e. The lowest BCUT2D eigenvalue weighted by Crippen LogP contribution is -2.61. The number of nitrogens with zero attached hydrogens (tertiary/aromatic N) is 6. The highest BCUT2D eigenvalue weighted by atomic mass is 16.5. The summed E-state index contributed by atoms with van der Waals surface area (Å²) in [6.07, 6.45) is 6.12. The van der Waals surface area contributed by atoms with Gasteiger partial charge in [0.1, 0.15) is 17.3 Å². The molecule has 8 aromatic rings. The number of para-hydroxylation sites is 4. The summed E-state index contributed by atoms with van der Waals surface area (Å²) in [5.41, 5.74) is 14.7. The zero-order chi connectivity index (χ0) is 42.7. The molecule has 1 aromatic heterocycles. The second kappa shape index (κ2) is 15.3. The van der Waals surface area contributed by atoms with Crippen molar-refractivity contribution in [3.05, 3.63) is 206 Å². The molecule has 0 radical (unpaired) electrons. The number of hydrogen-bond acceptors (Lipinski definition) is 7. The van der Waals surface area contributed by atoms with E-state index < -0.39 is 0 Å². The maximum atomic E-state index is 6.70. The molecule has 0 aliphatic carbocycles. The monoisotopic (exact) mass is 818 g/mol. The SMILES string of the molecule is CN1C=CN(c2cccc(Oc3cccc(N(c4cc5c6c(c4)N(c4ccccc4)c4ccccc4B6c4ccccc4N5c4ccccc4)c4cc(C(C)(C)C)ccn4)c3)c2)C1. The Labute approximate surface area is 370 Å². The summed E-state index contributed by atoms with van der Waals surface area (Å²) >= 11 is 0. The topological polar surface area (TPSA) is 38.3 Å². The van der Waals surface area contributed by atoms with Gasteiger partial charge in [0.2, 0.25) is 0 Å². The minimum absolute atomic E-state index is 0.0103. The number of benzene rings is 7. The Morgan fingerprint density at radius 2 is 1.11 bits per heavy atom. The molecule has 0 N–H and O–H groups in total. The average Bonchev–Trinajstić information content (AvgIpc) is 3.75. The van der Waals surface area contributed by atoms with Gasteiger partial charge in [0.05, 0.1) is 18.0 Å². The number of ether oxygens (including phenoxy) is 1. The second-order valence-electron chi connectivity index (χ2n) is 17.5. The van der Waals surface area contributed by atoms with Gasteiger partial charge in [0.25, 0.3) is 6.71 Å². The van der Waals surface area contributed by atoms with Gasteiger partial charge >= 0.3 is 0 Å². The van der Waals surface area contributed by atoms with E-state index in [2.05, 4.69) is 229 Å². The van der Waals surface area contributed by atoms with Crippen molar-refractivity contribution in [2.24, 2.45) is 0 Å². The zero-order valence-corrected chi connectivity index (χ0v) is 35.9. The normalized spacial score (nSPS) is 13.7. The Morgan fingerprint density at radius 1 is 0.540 bits per heavy atom. The molecule has 63 heavy (non-hydrogen) atoms. The summed E-state index contributed by atoms with van der Waals surface area (Å²) in [5.74, 6) is 2.32. The van der Waals surface area contributed by atoms with Gasteiger partial charge in [0, 0.05) is 77.6 Å². The third-order valence-electron chi connectivity index (χ3n) is 12.3. The smallest absolute Gasteiger partial charge is 0.252 e. The molecule has 0 spiro atoms. The molecule has 3 aliphatic rings. The van der Waals surface area contributed by atoms with Gasteiger partial charge < -0.3 is 24.3 Å². The van der Waals surface area contributed by atoms with Gasteiger partial charge in [-0.05, 0) is 112 Å². The summed E-state index contributed by atoms with van der Waals surface area (Å²) in [7, 11) is 2.08. The predicted octanol–water partition coefficient (Wildman–Crippen LogP) is 11.9. The van der Waals surface area contributed by atoms with Crippen LogP contribution in [0.1, 0.15) is 26.3 Å². The van der Waals surface area contributed by atoms with Gasteiger partial charge in [-0.15, -0.1) is 0 Å². The summed E-state index contributed by atoms with van der Waals surface area (Å²) in [6, 6.07) is 65.1. The molecule has 11 rings (SSSR count). The van der Waals surface area contributed by atoms with E-state index >= 15 is 0 Å². The second-order valence-corrected chi connectivity index (χ2v) is 17.5. The van der Waals surface area contributed by atoms with Crippen LogP contribution in [0.15, 0.2) is 201 Å². The van der Waals surface area contributed by atoms with Gasteiger partial charge in [-0.3, -0.25) is 4.90 Å². The molecule has 0 atom stereocenters. The van der Waals surface area contributed by atoms with Gasteiger partial charge in [-0.2, -0.15) is 0 Å². The van der Waals surface area contributed by atoms with E-state index in [4.69, 9.17) is 9.72 Å². The van der Waals surface area contributed by atoms with Crippen molar-refractivity contribution in [1.29, 1.82) is 0 Å². The highest BCUT2D eigenvalue weighted by Crippen LogP contribution is 2.48. The van der Waals surface area contributed by atoms with Crippen molar-refractivity contribution in [2.75, 3.05) is 33.3 Å². The Kier molecular flexibility index (Phi) is 9.30. The Balaban J connectivity index is 1.15. The van der Waals surface area contributed by atoms with Crippen molar-refractivity contribution in [2.45, 2.75) is 26.2 Å². The number of hydrogen-bond donors (Lipinski definition) is 0. The number of pyridine rings is 1. The van der Waals surface area contributed by atoms with Crippen molar-refractivity contribution in [3.8, 4) is 11.5 Å². The first-order valence-corrected chi connectivity index (χ1v) is 21.6. The van der Waals surface area contributed by atoms with Crippen molar-refractivity contribution >= 4 is 80.1 Å². The quantitative estimate of drug-likeness (QED) is 0.141. The highest BCUT2D eigenvalue weighted by molar-refractivity contribution is 7.00. The summed E-state index contributed by atoms with van der Waals surface area (Å²) in [4.78, 5) is 16.7. The van der Waals surface area contributed by atoms with Gasteiger partial charge in [0.15, 0.2) is 0 Å². The first-order valence-electron chi connectivity index (χ1n) is 21.6. The fourth-order valence-corrected chi connectivity index (χ4v) is 9.39. The molecular formula is C55H47BN6O. The van der Waals surface area contributed by atoms with E-state index in [-0.39, 0.29) is 12.1 Å². The fraction of sp³-hybridized carbons (Fsp3) is 0.109. The van der Waals surface area contributed by atoms with Gasteiger partial charge in [-0.25, -0.2) is 4.98 Å². The van der Waals surface area contributed by atoms with Crippen molar-refractivity contribution < 1.29 is 4.74 Å². The molecule has 4 heterocycles. The van der Waals surface area contributed by atoms with E-state index in [0.29, 0.717) is 0 Å². The molecule has 7 aromatic carbocycles. The minimum Gasteiger partial charge on any atom is -0.457 e. The number of fused-ring (bicyclic) bond motifs is 4.